The van der Waals surface area contributed by atoms with Crippen LogP contribution in [0.2, 0.25) is 0 Å². The Morgan fingerprint density at radius 1 is 1.30 bits per heavy atom. The van der Waals surface area contributed by atoms with Gasteiger partial charge in [0.1, 0.15) is 5.75 Å². The SMILES string of the molecule is CCS(=O)(=O)CC(C)N(C)CC(=O)NCc1ccc(OC)cc1. The van der Waals surface area contributed by atoms with Gasteiger partial charge in [-0.2, -0.15) is 0 Å². The summed E-state index contributed by atoms with van der Waals surface area (Å²) in [5.74, 6) is 0.815. The van der Waals surface area contributed by atoms with Crippen molar-refractivity contribution < 1.29 is 17.9 Å². The van der Waals surface area contributed by atoms with Crippen molar-refractivity contribution in [3.8, 4) is 5.75 Å². The summed E-state index contributed by atoms with van der Waals surface area (Å²) in [6, 6.07) is 7.25. The van der Waals surface area contributed by atoms with Crippen LogP contribution >= 0.6 is 0 Å². The van der Waals surface area contributed by atoms with Crippen molar-refractivity contribution in [2.24, 2.45) is 0 Å². The summed E-state index contributed by atoms with van der Waals surface area (Å²) in [6.45, 7) is 4.03. The first-order chi connectivity index (χ1) is 10.8. The zero-order chi connectivity index (χ0) is 17.5. The number of nitrogens with one attached hydrogen (secondary N) is 1. The lowest BCUT2D eigenvalue weighted by molar-refractivity contribution is -0.122. The third-order valence-corrected chi connectivity index (χ3v) is 5.60. The van der Waals surface area contributed by atoms with Gasteiger partial charge in [0.15, 0.2) is 9.84 Å². The Balaban J connectivity index is 2.42. The molecule has 1 rings (SSSR count). The Morgan fingerprint density at radius 2 is 1.91 bits per heavy atom. The molecule has 7 heteroatoms. The average Bonchev–Trinajstić information content (AvgIpc) is 2.53. The summed E-state index contributed by atoms with van der Waals surface area (Å²) in [4.78, 5) is 13.7. The van der Waals surface area contributed by atoms with E-state index in [4.69, 9.17) is 4.74 Å². The first-order valence-corrected chi connectivity index (χ1v) is 9.39. The third kappa shape index (κ3) is 7.00. The molecule has 0 heterocycles. The minimum absolute atomic E-state index is 0.0613. The van der Waals surface area contributed by atoms with E-state index in [1.54, 1.807) is 26.0 Å². The molecule has 1 atom stereocenters. The molecule has 23 heavy (non-hydrogen) atoms. The second-order valence-corrected chi connectivity index (χ2v) is 7.99. The standard InChI is InChI=1S/C16H26N2O4S/c1-5-23(20,21)12-13(2)18(3)11-16(19)17-10-14-6-8-15(22-4)9-7-14/h6-9,13H,5,10-12H2,1-4H3,(H,17,19). The van der Waals surface area contributed by atoms with Crippen molar-refractivity contribution in [2.45, 2.75) is 26.4 Å². The van der Waals surface area contributed by atoms with Crippen molar-refractivity contribution in [1.82, 2.24) is 10.2 Å². The van der Waals surface area contributed by atoms with Gasteiger partial charge >= 0.3 is 0 Å². The van der Waals surface area contributed by atoms with E-state index in [2.05, 4.69) is 5.32 Å². The van der Waals surface area contributed by atoms with Crippen LogP contribution in [-0.2, 0) is 21.2 Å². The molecular formula is C16H26N2O4S. The van der Waals surface area contributed by atoms with Crippen LogP contribution in [-0.4, -0.2) is 57.5 Å². The number of hydrogen-bond acceptors (Lipinski definition) is 5. The Hall–Kier alpha value is -1.60. The maximum absolute atomic E-state index is 12.0. The summed E-state index contributed by atoms with van der Waals surface area (Å²) in [6.07, 6.45) is 0. The van der Waals surface area contributed by atoms with E-state index in [0.717, 1.165) is 11.3 Å². The largest absolute Gasteiger partial charge is 0.497 e. The molecule has 0 bridgehead atoms. The van der Waals surface area contributed by atoms with Crippen LogP contribution < -0.4 is 10.1 Å². The molecule has 0 radical (unpaired) electrons. The number of sulfone groups is 1. The second kappa shape index (κ2) is 8.88. The zero-order valence-electron chi connectivity index (χ0n) is 14.2. The molecule has 1 N–H and O–H groups in total. The number of rotatable bonds is 9. The van der Waals surface area contributed by atoms with Crippen molar-refractivity contribution in [3.63, 3.8) is 0 Å². The highest BCUT2D eigenvalue weighted by Gasteiger charge is 2.19. The summed E-state index contributed by atoms with van der Waals surface area (Å²) in [5.41, 5.74) is 0.975. The number of nitrogens with zero attached hydrogens (tertiary/aromatic N) is 1. The molecule has 1 amide bonds. The topological polar surface area (TPSA) is 75.7 Å². The monoisotopic (exact) mass is 342 g/mol. The molecule has 0 saturated carbocycles. The Bertz CT molecular complexity index is 599. The molecule has 0 aromatic heterocycles. The summed E-state index contributed by atoms with van der Waals surface area (Å²) in [7, 11) is 0.310. The van der Waals surface area contributed by atoms with Gasteiger partial charge in [-0.3, -0.25) is 9.69 Å². The van der Waals surface area contributed by atoms with Gasteiger partial charge in [0.25, 0.3) is 0 Å². The fourth-order valence-corrected chi connectivity index (χ4v) is 3.22. The molecular weight excluding hydrogens is 316 g/mol. The number of ether oxygens (including phenoxy) is 1. The zero-order valence-corrected chi connectivity index (χ0v) is 15.0. The maximum atomic E-state index is 12.0. The molecule has 1 unspecified atom stereocenters. The van der Waals surface area contributed by atoms with Gasteiger partial charge < -0.3 is 10.1 Å². The molecule has 0 aliphatic carbocycles. The summed E-state index contributed by atoms with van der Waals surface area (Å²) < 4.78 is 28.3. The van der Waals surface area contributed by atoms with Gasteiger partial charge in [0, 0.05) is 18.3 Å². The first kappa shape index (κ1) is 19.4. The lowest BCUT2D eigenvalue weighted by Gasteiger charge is -2.23. The Labute approximate surface area is 138 Å². The molecule has 1 aromatic rings. The highest BCUT2D eigenvalue weighted by Crippen LogP contribution is 2.10. The molecule has 0 aliphatic rings. The molecule has 0 spiro atoms. The molecule has 6 nitrogen and oxygen atoms in total. The summed E-state index contributed by atoms with van der Waals surface area (Å²) >= 11 is 0. The van der Waals surface area contributed by atoms with Crippen molar-refractivity contribution >= 4 is 15.7 Å². The van der Waals surface area contributed by atoms with E-state index in [1.165, 1.54) is 0 Å². The van der Waals surface area contributed by atoms with Gasteiger partial charge in [0.2, 0.25) is 5.91 Å². The minimum Gasteiger partial charge on any atom is -0.497 e. The number of carbonyl (C=O) groups excluding carboxylic acids is 1. The molecule has 0 saturated heterocycles. The van der Waals surface area contributed by atoms with Crippen LogP contribution in [0.25, 0.3) is 0 Å². The maximum Gasteiger partial charge on any atom is 0.234 e. The lowest BCUT2D eigenvalue weighted by Crippen LogP contribution is -2.42. The normalized spacial score (nSPS) is 12.9. The third-order valence-electron chi connectivity index (χ3n) is 3.73. The quantitative estimate of drug-likeness (QED) is 0.726. The Morgan fingerprint density at radius 3 is 2.43 bits per heavy atom. The van der Waals surface area contributed by atoms with Crippen LogP contribution in [0.1, 0.15) is 19.4 Å². The minimum atomic E-state index is -3.05. The molecule has 0 fully saturated rings. The van der Waals surface area contributed by atoms with Gasteiger partial charge in [-0.1, -0.05) is 19.1 Å². The number of benzene rings is 1. The lowest BCUT2D eigenvalue weighted by atomic mass is 10.2. The molecule has 0 aliphatic heterocycles. The first-order valence-electron chi connectivity index (χ1n) is 7.57. The van der Waals surface area contributed by atoms with Gasteiger partial charge in [0.05, 0.1) is 19.4 Å². The van der Waals surface area contributed by atoms with E-state index >= 15 is 0 Å². The number of likely N-dealkylation sites (N-methyl/N-ethyl adjacent to an activating group) is 1. The number of amides is 1. The van der Waals surface area contributed by atoms with E-state index in [0.29, 0.717) is 6.54 Å². The van der Waals surface area contributed by atoms with E-state index in [1.807, 2.05) is 31.2 Å². The van der Waals surface area contributed by atoms with Crippen molar-refractivity contribution in [3.05, 3.63) is 29.8 Å². The number of carbonyl (C=O) groups is 1. The van der Waals surface area contributed by atoms with Crippen molar-refractivity contribution in [2.75, 3.05) is 32.2 Å². The van der Waals surface area contributed by atoms with E-state index < -0.39 is 9.84 Å². The number of methoxy groups -OCH3 is 1. The van der Waals surface area contributed by atoms with Crippen LogP contribution in [0.3, 0.4) is 0 Å². The molecule has 130 valence electrons. The van der Waals surface area contributed by atoms with Crippen LogP contribution in [0, 0.1) is 0 Å². The van der Waals surface area contributed by atoms with E-state index in [9.17, 15) is 13.2 Å². The van der Waals surface area contributed by atoms with Gasteiger partial charge in [-0.25, -0.2) is 8.42 Å². The average molecular weight is 342 g/mol. The predicted octanol–water partition coefficient (Wildman–Crippen LogP) is 1.07. The fourth-order valence-electron chi connectivity index (χ4n) is 1.99. The second-order valence-electron chi connectivity index (χ2n) is 5.59. The highest BCUT2D eigenvalue weighted by atomic mass is 32.2. The highest BCUT2D eigenvalue weighted by molar-refractivity contribution is 7.91. The van der Waals surface area contributed by atoms with E-state index in [-0.39, 0.29) is 30.0 Å². The fraction of sp³-hybridized carbons (Fsp3) is 0.562. The smallest absolute Gasteiger partial charge is 0.234 e. The summed E-state index contributed by atoms with van der Waals surface area (Å²) in [5, 5.41) is 2.83. The molecule has 1 aromatic carbocycles. The van der Waals surface area contributed by atoms with Crippen molar-refractivity contribution in [1.29, 1.82) is 0 Å². The van der Waals surface area contributed by atoms with Gasteiger partial charge in [-0.05, 0) is 31.7 Å². The Kier molecular flexibility index (Phi) is 7.51. The number of hydrogen-bond donors (Lipinski definition) is 1. The van der Waals surface area contributed by atoms with Gasteiger partial charge in [-0.15, -0.1) is 0 Å². The predicted molar refractivity (Wildman–Crippen MR) is 91.3 cm³/mol. The van der Waals surface area contributed by atoms with Crippen LogP contribution in [0.15, 0.2) is 24.3 Å². The van der Waals surface area contributed by atoms with Crippen LogP contribution in [0.5, 0.6) is 5.75 Å². The van der Waals surface area contributed by atoms with Crippen LogP contribution in [0.4, 0.5) is 0 Å².